The Morgan fingerprint density at radius 3 is 2.26 bits per heavy atom. The molecule has 0 radical (unpaired) electrons. The average molecular weight is 422 g/mol. The normalized spacial score (nSPS) is 14.5. The zero-order valence-electron chi connectivity index (χ0n) is 19.0. The highest BCUT2D eigenvalue weighted by molar-refractivity contribution is 5.79. The van der Waals surface area contributed by atoms with Crippen LogP contribution >= 0.6 is 0 Å². The standard InChI is InChI=1S/C26H35N3O2/c1-4-20(5-2)25(30)29-17-15-23(16-18-29)27-26(31)28(3)19-22-13-9-10-14-24(22)21-11-7-6-8-12-21/h6-14,20,23H,4-5,15-19H2,1-3H3,(H,27,31). The van der Waals surface area contributed by atoms with Gasteiger partial charge in [-0.25, -0.2) is 4.79 Å². The second-order valence-corrected chi connectivity index (χ2v) is 8.44. The van der Waals surface area contributed by atoms with Crippen molar-refractivity contribution in [2.75, 3.05) is 20.1 Å². The maximum Gasteiger partial charge on any atom is 0.317 e. The molecule has 31 heavy (non-hydrogen) atoms. The largest absolute Gasteiger partial charge is 0.342 e. The summed E-state index contributed by atoms with van der Waals surface area (Å²) in [6.45, 7) is 6.14. The van der Waals surface area contributed by atoms with Crippen molar-refractivity contribution in [1.29, 1.82) is 0 Å². The summed E-state index contributed by atoms with van der Waals surface area (Å²) in [4.78, 5) is 29.1. The molecule has 0 saturated carbocycles. The smallest absolute Gasteiger partial charge is 0.317 e. The van der Waals surface area contributed by atoms with Crippen LogP contribution in [0, 0.1) is 5.92 Å². The van der Waals surface area contributed by atoms with Crippen molar-refractivity contribution in [2.24, 2.45) is 5.92 Å². The molecule has 0 aliphatic carbocycles. The molecule has 2 aromatic rings. The van der Waals surface area contributed by atoms with Crippen LogP contribution in [0.25, 0.3) is 11.1 Å². The van der Waals surface area contributed by atoms with Crippen LogP contribution in [0.1, 0.15) is 45.1 Å². The van der Waals surface area contributed by atoms with Crippen molar-refractivity contribution in [3.63, 3.8) is 0 Å². The van der Waals surface area contributed by atoms with Gasteiger partial charge in [-0.1, -0.05) is 68.4 Å². The van der Waals surface area contributed by atoms with Crippen molar-refractivity contribution in [3.05, 3.63) is 60.2 Å². The highest BCUT2D eigenvalue weighted by atomic mass is 16.2. The fourth-order valence-electron chi connectivity index (χ4n) is 4.31. The van der Waals surface area contributed by atoms with Gasteiger partial charge in [-0.3, -0.25) is 4.79 Å². The average Bonchev–Trinajstić information content (AvgIpc) is 2.81. The number of carbonyl (C=O) groups excluding carboxylic acids is 2. The van der Waals surface area contributed by atoms with E-state index in [0.29, 0.717) is 6.54 Å². The van der Waals surface area contributed by atoms with Crippen molar-refractivity contribution < 1.29 is 9.59 Å². The number of likely N-dealkylation sites (tertiary alicyclic amines) is 1. The van der Waals surface area contributed by atoms with Gasteiger partial charge in [-0.05, 0) is 42.4 Å². The van der Waals surface area contributed by atoms with Gasteiger partial charge in [0.15, 0.2) is 0 Å². The first-order valence-corrected chi connectivity index (χ1v) is 11.5. The Morgan fingerprint density at radius 2 is 1.61 bits per heavy atom. The molecule has 5 heteroatoms. The second-order valence-electron chi connectivity index (χ2n) is 8.44. The Kier molecular flexibility index (Phi) is 8.10. The number of hydrogen-bond donors (Lipinski definition) is 1. The lowest BCUT2D eigenvalue weighted by molar-refractivity contribution is -0.136. The monoisotopic (exact) mass is 421 g/mol. The fourth-order valence-corrected chi connectivity index (χ4v) is 4.31. The lowest BCUT2D eigenvalue weighted by atomic mass is 9.98. The number of benzene rings is 2. The first-order chi connectivity index (χ1) is 15.0. The third-order valence-corrected chi connectivity index (χ3v) is 6.33. The molecule has 1 fully saturated rings. The van der Waals surface area contributed by atoms with E-state index in [0.717, 1.165) is 55.5 Å². The van der Waals surface area contributed by atoms with E-state index < -0.39 is 0 Å². The van der Waals surface area contributed by atoms with Crippen molar-refractivity contribution in [3.8, 4) is 11.1 Å². The topological polar surface area (TPSA) is 52.7 Å². The molecule has 1 N–H and O–H groups in total. The number of hydrogen-bond acceptors (Lipinski definition) is 2. The number of rotatable bonds is 7. The summed E-state index contributed by atoms with van der Waals surface area (Å²) in [5.41, 5.74) is 3.43. The van der Waals surface area contributed by atoms with Gasteiger partial charge in [0, 0.05) is 38.6 Å². The molecular weight excluding hydrogens is 386 g/mol. The molecule has 0 atom stereocenters. The molecule has 2 aromatic carbocycles. The first-order valence-electron chi connectivity index (χ1n) is 11.5. The van der Waals surface area contributed by atoms with Gasteiger partial charge in [-0.2, -0.15) is 0 Å². The van der Waals surface area contributed by atoms with Crippen LogP contribution < -0.4 is 5.32 Å². The molecule has 1 aliphatic heterocycles. The minimum atomic E-state index is -0.0624. The van der Waals surface area contributed by atoms with Gasteiger partial charge in [-0.15, -0.1) is 0 Å². The number of carbonyl (C=O) groups is 2. The molecule has 0 bridgehead atoms. The van der Waals surface area contributed by atoms with E-state index in [9.17, 15) is 9.59 Å². The number of piperidine rings is 1. The Hall–Kier alpha value is -2.82. The van der Waals surface area contributed by atoms with E-state index in [4.69, 9.17) is 0 Å². The van der Waals surface area contributed by atoms with Gasteiger partial charge < -0.3 is 15.1 Å². The van der Waals surface area contributed by atoms with Gasteiger partial charge in [0.1, 0.15) is 0 Å². The summed E-state index contributed by atoms with van der Waals surface area (Å²) in [7, 11) is 1.84. The molecule has 1 saturated heterocycles. The Morgan fingerprint density at radius 1 is 1.00 bits per heavy atom. The van der Waals surface area contributed by atoms with Gasteiger partial charge >= 0.3 is 6.03 Å². The maximum atomic E-state index is 12.8. The minimum Gasteiger partial charge on any atom is -0.342 e. The summed E-state index contributed by atoms with van der Waals surface area (Å²) < 4.78 is 0. The van der Waals surface area contributed by atoms with E-state index in [-0.39, 0.29) is 23.9 Å². The molecular formula is C26H35N3O2. The number of amides is 3. The van der Waals surface area contributed by atoms with Crippen LogP contribution in [0.3, 0.4) is 0 Å². The number of urea groups is 1. The van der Waals surface area contributed by atoms with E-state index in [1.54, 1.807) is 4.90 Å². The second kappa shape index (κ2) is 11.0. The molecule has 0 unspecified atom stereocenters. The molecule has 166 valence electrons. The van der Waals surface area contributed by atoms with Gasteiger partial charge in [0.2, 0.25) is 5.91 Å². The zero-order valence-corrected chi connectivity index (χ0v) is 19.0. The fraction of sp³-hybridized carbons (Fsp3) is 0.462. The predicted octanol–water partition coefficient (Wildman–Crippen LogP) is 4.92. The van der Waals surface area contributed by atoms with Crippen LogP contribution in [-0.2, 0) is 11.3 Å². The summed E-state index contributed by atoms with van der Waals surface area (Å²) in [5.74, 6) is 0.395. The molecule has 0 aromatic heterocycles. The Bertz CT molecular complexity index is 856. The van der Waals surface area contributed by atoms with Crippen LogP contribution in [0.5, 0.6) is 0 Å². The molecule has 1 aliphatic rings. The van der Waals surface area contributed by atoms with E-state index in [1.807, 2.05) is 42.3 Å². The highest BCUT2D eigenvalue weighted by Gasteiger charge is 2.27. The van der Waals surface area contributed by atoms with Crippen LogP contribution in [-0.4, -0.2) is 47.9 Å². The third-order valence-electron chi connectivity index (χ3n) is 6.33. The van der Waals surface area contributed by atoms with Crippen molar-refractivity contribution in [2.45, 2.75) is 52.1 Å². The first kappa shape index (κ1) is 22.9. The van der Waals surface area contributed by atoms with Gasteiger partial charge in [0.05, 0.1) is 0 Å². The highest BCUT2D eigenvalue weighted by Crippen LogP contribution is 2.24. The molecule has 5 nitrogen and oxygen atoms in total. The summed E-state index contributed by atoms with van der Waals surface area (Å²) >= 11 is 0. The molecule has 0 spiro atoms. The lowest BCUT2D eigenvalue weighted by Gasteiger charge is -2.35. The summed E-state index contributed by atoms with van der Waals surface area (Å²) in [6, 6.07) is 18.5. The molecule has 3 amide bonds. The quantitative estimate of drug-likeness (QED) is 0.690. The Labute approximate surface area is 186 Å². The van der Waals surface area contributed by atoms with Crippen LogP contribution in [0.15, 0.2) is 54.6 Å². The van der Waals surface area contributed by atoms with Crippen LogP contribution in [0.2, 0.25) is 0 Å². The van der Waals surface area contributed by atoms with Crippen molar-refractivity contribution >= 4 is 11.9 Å². The molecule has 3 rings (SSSR count). The van der Waals surface area contributed by atoms with Gasteiger partial charge in [0.25, 0.3) is 0 Å². The minimum absolute atomic E-state index is 0.0624. The van der Waals surface area contributed by atoms with E-state index in [1.165, 1.54) is 0 Å². The predicted molar refractivity (Wildman–Crippen MR) is 126 cm³/mol. The van der Waals surface area contributed by atoms with E-state index in [2.05, 4.69) is 43.4 Å². The number of nitrogens with one attached hydrogen (secondary N) is 1. The number of nitrogens with zero attached hydrogens (tertiary/aromatic N) is 2. The SMILES string of the molecule is CCC(CC)C(=O)N1CCC(NC(=O)N(C)Cc2ccccc2-c2ccccc2)CC1. The zero-order chi connectivity index (χ0) is 22.2. The third kappa shape index (κ3) is 5.87. The van der Waals surface area contributed by atoms with Crippen molar-refractivity contribution in [1.82, 2.24) is 15.1 Å². The molecule has 1 heterocycles. The summed E-state index contributed by atoms with van der Waals surface area (Å²) in [6.07, 6.45) is 3.40. The Balaban J connectivity index is 1.54. The van der Waals surface area contributed by atoms with Crippen LogP contribution in [0.4, 0.5) is 4.79 Å². The van der Waals surface area contributed by atoms with E-state index >= 15 is 0 Å². The summed E-state index contributed by atoms with van der Waals surface area (Å²) in [5, 5.41) is 3.16. The maximum absolute atomic E-state index is 12.8. The lowest BCUT2D eigenvalue weighted by Crippen LogP contribution is -2.50.